The van der Waals surface area contributed by atoms with Crippen LogP contribution in [0.3, 0.4) is 0 Å². The first-order chi connectivity index (χ1) is 13.0. The van der Waals surface area contributed by atoms with Gasteiger partial charge in [0.1, 0.15) is 5.56 Å². The van der Waals surface area contributed by atoms with Crippen LogP contribution in [0.5, 0.6) is 0 Å². The minimum absolute atomic E-state index is 0. The number of primary amides is 1. The predicted octanol–water partition coefficient (Wildman–Crippen LogP) is -0.788. The smallest absolute Gasteiger partial charge is 0.255 e. The van der Waals surface area contributed by atoms with Crippen LogP contribution in [-0.2, 0) is 6.54 Å². The number of pyridine rings is 1. The number of Topliss-reactive ketones (excluding diaryl/α,β-unsaturated/α-hetero) is 1. The summed E-state index contributed by atoms with van der Waals surface area (Å²) in [6.45, 7) is 0.0802. The van der Waals surface area contributed by atoms with Gasteiger partial charge in [-0.05, 0) is 42.5 Å². The number of hydrogen-bond donors (Lipinski definition) is 2. The maximum Gasteiger partial charge on any atom is 0.255 e. The Hall–Kier alpha value is -3.32. The first kappa shape index (κ1) is 21.0. The fourth-order valence-electron chi connectivity index (χ4n) is 2.56. The van der Waals surface area contributed by atoms with Gasteiger partial charge >= 0.3 is 0 Å². The predicted molar refractivity (Wildman–Crippen MR) is 100 cm³/mol. The second-order valence-electron chi connectivity index (χ2n) is 5.95. The van der Waals surface area contributed by atoms with E-state index in [1.807, 2.05) is 6.07 Å². The van der Waals surface area contributed by atoms with Crippen LogP contribution in [0.25, 0.3) is 0 Å². The van der Waals surface area contributed by atoms with Crippen LogP contribution in [0, 0.1) is 0 Å². The Morgan fingerprint density at radius 2 is 1.46 bits per heavy atom. The molecule has 1 heterocycles. The van der Waals surface area contributed by atoms with Crippen LogP contribution in [0.4, 0.5) is 5.69 Å². The van der Waals surface area contributed by atoms with Crippen molar-refractivity contribution in [2.75, 3.05) is 5.32 Å². The highest BCUT2D eigenvalue weighted by Crippen LogP contribution is 2.12. The third-order valence-corrected chi connectivity index (χ3v) is 3.97. The second kappa shape index (κ2) is 9.57. The Morgan fingerprint density at radius 1 is 0.821 bits per heavy atom. The van der Waals surface area contributed by atoms with E-state index in [1.165, 1.54) is 6.20 Å². The summed E-state index contributed by atoms with van der Waals surface area (Å²) in [5, 5.41) is 2.79. The molecule has 28 heavy (non-hydrogen) atoms. The van der Waals surface area contributed by atoms with E-state index in [-0.39, 0.29) is 35.2 Å². The van der Waals surface area contributed by atoms with Crippen molar-refractivity contribution in [3.05, 3.63) is 95.8 Å². The van der Waals surface area contributed by atoms with Crippen molar-refractivity contribution in [3.8, 4) is 0 Å². The van der Waals surface area contributed by atoms with E-state index < -0.39 is 5.91 Å². The van der Waals surface area contributed by atoms with E-state index >= 15 is 0 Å². The molecule has 0 bridgehead atoms. The number of benzene rings is 2. The highest BCUT2D eigenvalue weighted by Gasteiger charge is 2.14. The quantitative estimate of drug-likeness (QED) is 0.389. The fraction of sp³-hybridized carbons (Fsp3) is 0.0476. The standard InChI is InChI=1S/C21H17N3O3.BrH/c22-20(26)17-7-4-12-24(13-17)14-19(25)15-8-10-18(11-9-15)23-21(27)16-5-2-1-3-6-16;/h1-13H,14H2,(H2-,22,23,25,26,27);1H. The first-order valence-electron chi connectivity index (χ1n) is 8.31. The summed E-state index contributed by atoms with van der Waals surface area (Å²) in [5.41, 5.74) is 7.25. The van der Waals surface area contributed by atoms with Crippen molar-refractivity contribution < 1.29 is 35.9 Å². The number of amides is 2. The van der Waals surface area contributed by atoms with Gasteiger partial charge in [0.2, 0.25) is 12.3 Å². The highest BCUT2D eigenvalue weighted by atomic mass is 79.9. The van der Waals surface area contributed by atoms with Crippen molar-refractivity contribution in [2.24, 2.45) is 5.73 Å². The monoisotopic (exact) mass is 439 g/mol. The number of aromatic nitrogens is 1. The largest absolute Gasteiger partial charge is 1.00 e. The van der Waals surface area contributed by atoms with Crippen LogP contribution < -0.4 is 32.6 Å². The van der Waals surface area contributed by atoms with E-state index in [4.69, 9.17) is 5.73 Å². The number of ketones is 1. The Morgan fingerprint density at radius 3 is 2.11 bits per heavy atom. The number of nitrogens with one attached hydrogen (secondary N) is 1. The van der Waals surface area contributed by atoms with Crippen molar-refractivity contribution in [1.29, 1.82) is 0 Å². The minimum Gasteiger partial charge on any atom is -1.00 e. The van der Waals surface area contributed by atoms with E-state index in [1.54, 1.807) is 71.4 Å². The maximum atomic E-state index is 12.4. The summed E-state index contributed by atoms with van der Waals surface area (Å²) in [5.74, 6) is -0.883. The van der Waals surface area contributed by atoms with Gasteiger partial charge in [-0.25, -0.2) is 0 Å². The molecule has 0 saturated heterocycles. The summed E-state index contributed by atoms with van der Waals surface area (Å²) >= 11 is 0. The lowest BCUT2D eigenvalue weighted by Gasteiger charge is -2.06. The number of anilines is 1. The summed E-state index contributed by atoms with van der Waals surface area (Å²) in [6, 6.07) is 18.8. The molecule has 2 aromatic carbocycles. The molecule has 2 amide bonds. The molecule has 3 N–H and O–H groups in total. The Balaban J connectivity index is 0.00000280. The lowest BCUT2D eigenvalue weighted by molar-refractivity contribution is -0.683. The normalized spacial score (nSPS) is 9.86. The summed E-state index contributed by atoms with van der Waals surface area (Å²) in [6.07, 6.45) is 3.23. The van der Waals surface area contributed by atoms with Crippen molar-refractivity contribution in [2.45, 2.75) is 6.54 Å². The number of nitrogens with zero attached hydrogens (tertiary/aromatic N) is 1. The molecule has 3 aromatic rings. The summed E-state index contributed by atoms with van der Waals surface area (Å²) in [4.78, 5) is 35.8. The van der Waals surface area contributed by atoms with Gasteiger partial charge in [-0.3, -0.25) is 14.4 Å². The average Bonchev–Trinajstić information content (AvgIpc) is 2.69. The van der Waals surface area contributed by atoms with Crippen molar-refractivity contribution in [1.82, 2.24) is 0 Å². The summed E-state index contributed by atoms with van der Waals surface area (Å²) < 4.78 is 1.60. The van der Waals surface area contributed by atoms with Crippen molar-refractivity contribution in [3.63, 3.8) is 0 Å². The van der Waals surface area contributed by atoms with Gasteiger partial charge in [-0.15, -0.1) is 0 Å². The Kier molecular flexibility index (Phi) is 7.17. The number of nitrogens with two attached hydrogens (primary N) is 1. The minimum atomic E-state index is -0.546. The van der Waals surface area contributed by atoms with Gasteiger partial charge in [0.15, 0.2) is 12.4 Å². The molecule has 3 rings (SSSR count). The molecule has 7 heteroatoms. The van der Waals surface area contributed by atoms with Crippen LogP contribution >= 0.6 is 0 Å². The molecule has 0 aliphatic heterocycles. The lowest BCUT2D eigenvalue weighted by Crippen LogP contribution is -3.00. The number of hydrogen-bond acceptors (Lipinski definition) is 3. The van der Waals surface area contributed by atoms with E-state index in [0.29, 0.717) is 22.4 Å². The molecule has 0 aliphatic carbocycles. The maximum absolute atomic E-state index is 12.4. The van der Waals surface area contributed by atoms with Crippen LogP contribution in [0.1, 0.15) is 31.1 Å². The van der Waals surface area contributed by atoms with Crippen molar-refractivity contribution >= 4 is 23.3 Å². The molecular weight excluding hydrogens is 422 g/mol. The SMILES string of the molecule is NC(=O)c1ccc[n+](CC(=O)c2ccc(NC(=O)c3ccccc3)cc2)c1.[Br-]. The fourth-order valence-corrected chi connectivity index (χ4v) is 2.56. The molecule has 142 valence electrons. The molecule has 0 spiro atoms. The van der Waals surface area contributed by atoms with Gasteiger partial charge in [0.25, 0.3) is 11.8 Å². The Bertz CT molecular complexity index is 989. The number of halogens is 1. The zero-order valence-corrected chi connectivity index (χ0v) is 16.4. The number of rotatable bonds is 6. The van der Waals surface area contributed by atoms with Gasteiger partial charge < -0.3 is 28.0 Å². The molecule has 6 nitrogen and oxygen atoms in total. The van der Waals surface area contributed by atoms with E-state index in [0.717, 1.165) is 0 Å². The third-order valence-electron chi connectivity index (χ3n) is 3.97. The van der Waals surface area contributed by atoms with E-state index in [9.17, 15) is 14.4 Å². The second-order valence-corrected chi connectivity index (χ2v) is 5.95. The third kappa shape index (κ3) is 5.34. The van der Waals surface area contributed by atoms with Gasteiger partial charge in [-0.1, -0.05) is 18.2 Å². The Labute approximate surface area is 172 Å². The molecule has 1 aromatic heterocycles. The molecule has 0 saturated carbocycles. The topological polar surface area (TPSA) is 93.1 Å². The van der Waals surface area contributed by atoms with Gasteiger partial charge in [0.05, 0.1) is 0 Å². The molecule has 0 atom stereocenters. The molecule has 0 unspecified atom stereocenters. The molecule has 0 fully saturated rings. The highest BCUT2D eigenvalue weighted by molar-refractivity contribution is 6.04. The molecule has 0 radical (unpaired) electrons. The van der Waals surface area contributed by atoms with Gasteiger partial charge in [-0.2, -0.15) is 4.57 Å². The lowest BCUT2D eigenvalue weighted by atomic mass is 10.1. The average molecular weight is 440 g/mol. The van der Waals surface area contributed by atoms with Crippen LogP contribution in [-0.4, -0.2) is 17.6 Å². The number of carbonyl (C=O) groups excluding carboxylic acids is 3. The zero-order valence-electron chi connectivity index (χ0n) is 14.8. The summed E-state index contributed by atoms with van der Waals surface area (Å²) in [7, 11) is 0. The van der Waals surface area contributed by atoms with Crippen LogP contribution in [0.15, 0.2) is 79.1 Å². The number of carbonyl (C=O) groups is 3. The van der Waals surface area contributed by atoms with E-state index in [2.05, 4.69) is 5.32 Å². The molecular formula is C21H18BrN3O3. The zero-order chi connectivity index (χ0) is 19.2. The first-order valence-corrected chi connectivity index (χ1v) is 8.31. The molecule has 0 aliphatic rings. The van der Waals surface area contributed by atoms with Gasteiger partial charge in [0, 0.05) is 22.9 Å². The van der Waals surface area contributed by atoms with Crippen LogP contribution in [0.2, 0.25) is 0 Å².